The molecule has 0 N–H and O–H groups in total. The van der Waals surface area contributed by atoms with Crippen molar-refractivity contribution in [2.75, 3.05) is 0 Å². The second kappa shape index (κ2) is 6.17. The molecule has 0 aromatic heterocycles. The topological polar surface area (TPSA) is 9.23 Å². The van der Waals surface area contributed by atoms with Crippen LogP contribution in [0.5, 0.6) is 5.75 Å². The highest BCUT2D eigenvalue weighted by Gasteiger charge is 2.25. The van der Waals surface area contributed by atoms with Crippen molar-refractivity contribution in [1.82, 2.24) is 0 Å². The van der Waals surface area contributed by atoms with Gasteiger partial charge in [0.15, 0.2) is 0 Å². The first-order valence-corrected chi connectivity index (χ1v) is 8.43. The smallest absolute Gasteiger partial charge is 0.134 e. The van der Waals surface area contributed by atoms with Gasteiger partial charge in [0.05, 0.1) is 4.47 Å². The number of rotatable bonds is 3. The fourth-order valence-electron chi connectivity index (χ4n) is 3.26. The fraction of sp³-hybridized carbons (Fsp3) is 0.444. The maximum Gasteiger partial charge on any atom is 0.134 e. The highest BCUT2D eigenvalue weighted by Crippen LogP contribution is 2.37. The summed E-state index contributed by atoms with van der Waals surface area (Å²) >= 11 is 3.73. The van der Waals surface area contributed by atoms with Crippen LogP contribution in [0.3, 0.4) is 0 Å². The van der Waals surface area contributed by atoms with Crippen molar-refractivity contribution in [1.29, 1.82) is 0 Å². The molecule has 2 aromatic rings. The Morgan fingerprint density at radius 3 is 2.75 bits per heavy atom. The first-order valence-electron chi connectivity index (χ1n) is 7.63. The maximum atomic E-state index is 6.35. The largest absolute Gasteiger partial charge is 0.489 e. The Balaban J connectivity index is 1.88. The summed E-state index contributed by atoms with van der Waals surface area (Å²) in [6.07, 6.45) is 6.76. The average Bonchev–Trinajstić information content (AvgIpc) is 2.51. The molecule has 1 nitrogen and oxygen atoms in total. The molecular weight excluding hydrogens is 312 g/mol. The van der Waals surface area contributed by atoms with Gasteiger partial charge in [0, 0.05) is 0 Å². The molecule has 2 unspecified atom stereocenters. The van der Waals surface area contributed by atoms with E-state index in [1.807, 2.05) is 0 Å². The molecule has 2 heteroatoms. The Morgan fingerprint density at radius 1 is 1.10 bits per heavy atom. The van der Waals surface area contributed by atoms with E-state index in [1.54, 1.807) is 0 Å². The Kier molecular flexibility index (Phi) is 4.30. The van der Waals surface area contributed by atoms with Crippen LogP contribution in [0, 0.1) is 5.92 Å². The summed E-state index contributed by atoms with van der Waals surface area (Å²) in [5.74, 6) is 1.70. The number of hydrogen-bond donors (Lipinski definition) is 0. The molecule has 3 rings (SSSR count). The molecule has 106 valence electrons. The molecule has 20 heavy (non-hydrogen) atoms. The molecular formula is C18H21BrO. The van der Waals surface area contributed by atoms with E-state index in [0.717, 1.165) is 10.2 Å². The molecule has 1 fully saturated rings. The van der Waals surface area contributed by atoms with E-state index in [2.05, 4.69) is 59.3 Å². The molecule has 0 aliphatic heterocycles. The number of fused-ring (bicyclic) bond motifs is 1. The lowest BCUT2D eigenvalue weighted by Crippen LogP contribution is -2.30. The lowest BCUT2D eigenvalue weighted by Gasteiger charge is -2.31. The lowest BCUT2D eigenvalue weighted by atomic mass is 9.85. The summed E-state index contributed by atoms with van der Waals surface area (Å²) in [7, 11) is 0. The van der Waals surface area contributed by atoms with Gasteiger partial charge in [0.2, 0.25) is 0 Å². The third kappa shape index (κ3) is 2.71. The monoisotopic (exact) mass is 332 g/mol. The lowest BCUT2D eigenvalue weighted by molar-refractivity contribution is 0.0898. The second-order valence-corrected chi connectivity index (χ2v) is 6.50. The molecule has 2 atom stereocenters. The van der Waals surface area contributed by atoms with Gasteiger partial charge in [-0.05, 0) is 64.4 Å². The summed E-state index contributed by atoms with van der Waals surface area (Å²) in [6, 6.07) is 12.7. The molecule has 0 saturated heterocycles. The van der Waals surface area contributed by atoms with Gasteiger partial charge in [-0.15, -0.1) is 0 Å². The Morgan fingerprint density at radius 2 is 1.90 bits per heavy atom. The molecule has 1 saturated carbocycles. The van der Waals surface area contributed by atoms with Gasteiger partial charge in [-0.3, -0.25) is 0 Å². The maximum absolute atomic E-state index is 6.35. The van der Waals surface area contributed by atoms with E-state index in [4.69, 9.17) is 4.74 Å². The van der Waals surface area contributed by atoms with Crippen molar-refractivity contribution in [3.63, 3.8) is 0 Å². The van der Waals surface area contributed by atoms with Crippen LogP contribution < -0.4 is 4.74 Å². The number of hydrogen-bond acceptors (Lipinski definition) is 1. The van der Waals surface area contributed by atoms with Crippen molar-refractivity contribution in [2.24, 2.45) is 5.92 Å². The van der Waals surface area contributed by atoms with E-state index in [-0.39, 0.29) is 0 Å². The third-order valence-corrected chi connectivity index (χ3v) is 5.29. The van der Waals surface area contributed by atoms with E-state index >= 15 is 0 Å². The van der Waals surface area contributed by atoms with E-state index in [1.165, 1.54) is 42.9 Å². The van der Waals surface area contributed by atoms with Gasteiger partial charge in [0.25, 0.3) is 0 Å². The Hall–Kier alpha value is -1.02. The number of ether oxygens (including phenoxy) is 1. The Bertz CT molecular complexity index is 593. The van der Waals surface area contributed by atoms with Crippen LogP contribution in [0.25, 0.3) is 10.8 Å². The van der Waals surface area contributed by atoms with Crippen LogP contribution in [-0.4, -0.2) is 6.10 Å². The quantitative estimate of drug-likeness (QED) is 0.674. The SMILES string of the molecule is CCC1CCCCC1Oc1ccc2ccccc2c1Br. The molecule has 0 spiro atoms. The standard InChI is InChI=1S/C18H21BrO/c1-2-13-7-4-6-10-16(13)20-17-12-11-14-8-3-5-9-15(14)18(17)19/h3,5,8-9,11-13,16H,2,4,6-7,10H2,1H3. The summed E-state index contributed by atoms with van der Waals surface area (Å²) in [4.78, 5) is 0. The predicted molar refractivity (Wildman–Crippen MR) is 88.3 cm³/mol. The highest BCUT2D eigenvalue weighted by atomic mass is 79.9. The zero-order chi connectivity index (χ0) is 13.9. The molecule has 1 aliphatic carbocycles. The van der Waals surface area contributed by atoms with Crippen LogP contribution in [0.1, 0.15) is 39.0 Å². The summed E-state index contributed by atoms with van der Waals surface area (Å²) in [5.41, 5.74) is 0. The molecule has 0 radical (unpaired) electrons. The zero-order valence-corrected chi connectivity index (χ0v) is 13.5. The van der Waals surface area contributed by atoms with E-state index in [0.29, 0.717) is 12.0 Å². The molecule has 0 bridgehead atoms. The summed E-state index contributed by atoms with van der Waals surface area (Å²) in [6.45, 7) is 2.28. The summed E-state index contributed by atoms with van der Waals surface area (Å²) < 4.78 is 7.44. The summed E-state index contributed by atoms with van der Waals surface area (Å²) in [5, 5.41) is 2.48. The molecule has 0 amide bonds. The van der Waals surface area contributed by atoms with Gasteiger partial charge in [0.1, 0.15) is 11.9 Å². The van der Waals surface area contributed by atoms with Crippen LogP contribution >= 0.6 is 15.9 Å². The van der Waals surface area contributed by atoms with Crippen molar-refractivity contribution in [2.45, 2.75) is 45.1 Å². The van der Waals surface area contributed by atoms with Crippen molar-refractivity contribution < 1.29 is 4.74 Å². The van der Waals surface area contributed by atoms with Gasteiger partial charge >= 0.3 is 0 Å². The molecule has 0 heterocycles. The van der Waals surface area contributed by atoms with E-state index < -0.39 is 0 Å². The average molecular weight is 333 g/mol. The van der Waals surface area contributed by atoms with E-state index in [9.17, 15) is 0 Å². The number of halogens is 1. The van der Waals surface area contributed by atoms with Gasteiger partial charge in [-0.1, -0.05) is 43.7 Å². The molecule has 2 aromatic carbocycles. The zero-order valence-electron chi connectivity index (χ0n) is 11.9. The van der Waals surface area contributed by atoms with Crippen LogP contribution in [-0.2, 0) is 0 Å². The second-order valence-electron chi connectivity index (χ2n) is 5.71. The first-order chi connectivity index (χ1) is 9.79. The van der Waals surface area contributed by atoms with Crippen molar-refractivity contribution in [3.05, 3.63) is 40.9 Å². The van der Waals surface area contributed by atoms with Gasteiger partial charge in [-0.25, -0.2) is 0 Å². The van der Waals surface area contributed by atoms with Gasteiger partial charge in [-0.2, -0.15) is 0 Å². The minimum Gasteiger partial charge on any atom is -0.489 e. The Labute approximate surface area is 129 Å². The first kappa shape index (κ1) is 13.9. The highest BCUT2D eigenvalue weighted by molar-refractivity contribution is 9.10. The normalized spacial score (nSPS) is 22.9. The van der Waals surface area contributed by atoms with Crippen molar-refractivity contribution in [3.8, 4) is 5.75 Å². The third-order valence-electron chi connectivity index (χ3n) is 4.47. The van der Waals surface area contributed by atoms with Gasteiger partial charge < -0.3 is 4.74 Å². The van der Waals surface area contributed by atoms with Crippen LogP contribution in [0.2, 0.25) is 0 Å². The predicted octanol–water partition coefficient (Wildman–Crippen LogP) is 5.95. The minimum absolute atomic E-state index is 0.381. The van der Waals surface area contributed by atoms with Crippen LogP contribution in [0.15, 0.2) is 40.9 Å². The molecule has 1 aliphatic rings. The van der Waals surface area contributed by atoms with Crippen molar-refractivity contribution >= 4 is 26.7 Å². The van der Waals surface area contributed by atoms with Crippen LogP contribution in [0.4, 0.5) is 0 Å². The minimum atomic E-state index is 0.381. The number of benzene rings is 2. The fourth-order valence-corrected chi connectivity index (χ4v) is 3.85.